The lowest BCUT2D eigenvalue weighted by Gasteiger charge is -2.35. The number of nitrogens with one attached hydrogen (secondary N) is 2. The summed E-state index contributed by atoms with van der Waals surface area (Å²) in [5.41, 5.74) is 2.10. The first kappa shape index (κ1) is 19.7. The number of rotatable bonds is 7. The standard InChI is InChI=1S/C21H25N3O4/c1-24-17(13-20(25)23-16-6-4-3-5-7-16)14-28-19-9-8-15(12-18(19)24)21(26)22-10-11-27-2/h3-9,12,17H,10-11,13-14H2,1-2H3,(H,22,26)(H,23,25)/t17-/m1/s1. The molecule has 0 bridgehead atoms. The number of amides is 2. The van der Waals surface area contributed by atoms with Crippen LogP contribution in [-0.2, 0) is 9.53 Å². The van der Waals surface area contributed by atoms with Gasteiger partial charge < -0.3 is 25.0 Å². The Morgan fingerprint density at radius 1 is 1.21 bits per heavy atom. The first-order chi connectivity index (χ1) is 13.6. The van der Waals surface area contributed by atoms with Crippen molar-refractivity contribution in [3.8, 4) is 5.75 Å². The number of ether oxygens (including phenoxy) is 2. The fraction of sp³-hybridized carbons (Fsp3) is 0.333. The van der Waals surface area contributed by atoms with Gasteiger partial charge >= 0.3 is 0 Å². The van der Waals surface area contributed by atoms with E-state index in [-0.39, 0.29) is 24.3 Å². The molecule has 28 heavy (non-hydrogen) atoms. The van der Waals surface area contributed by atoms with Crippen molar-refractivity contribution in [2.75, 3.05) is 44.1 Å². The van der Waals surface area contributed by atoms with Crippen molar-refractivity contribution >= 4 is 23.2 Å². The quantitative estimate of drug-likeness (QED) is 0.717. The molecule has 2 amide bonds. The van der Waals surface area contributed by atoms with Crippen molar-refractivity contribution in [1.29, 1.82) is 0 Å². The van der Waals surface area contributed by atoms with E-state index in [1.165, 1.54) is 0 Å². The molecule has 7 heteroatoms. The van der Waals surface area contributed by atoms with Crippen LogP contribution in [0.3, 0.4) is 0 Å². The van der Waals surface area contributed by atoms with E-state index in [1.54, 1.807) is 25.3 Å². The zero-order chi connectivity index (χ0) is 19.9. The van der Waals surface area contributed by atoms with E-state index >= 15 is 0 Å². The summed E-state index contributed by atoms with van der Waals surface area (Å²) in [6.45, 7) is 1.31. The van der Waals surface area contributed by atoms with Crippen molar-refractivity contribution in [2.45, 2.75) is 12.5 Å². The smallest absolute Gasteiger partial charge is 0.251 e. The summed E-state index contributed by atoms with van der Waals surface area (Å²) in [7, 11) is 3.50. The van der Waals surface area contributed by atoms with E-state index in [9.17, 15) is 9.59 Å². The lowest BCUT2D eigenvalue weighted by molar-refractivity contribution is -0.116. The number of para-hydroxylation sites is 1. The van der Waals surface area contributed by atoms with Crippen LogP contribution in [0.2, 0.25) is 0 Å². The number of hydrogen-bond donors (Lipinski definition) is 2. The van der Waals surface area contributed by atoms with Crippen LogP contribution in [0.5, 0.6) is 5.75 Å². The van der Waals surface area contributed by atoms with Gasteiger partial charge in [-0.3, -0.25) is 9.59 Å². The second-order valence-corrected chi connectivity index (χ2v) is 6.63. The van der Waals surface area contributed by atoms with E-state index < -0.39 is 0 Å². The number of nitrogens with zero attached hydrogens (tertiary/aromatic N) is 1. The zero-order valence-electron chi connectivity index (χ0n) is 16.1. The third kappa shape index (κ3) is 4.80. The minimum atomic E-state index is -0.169. The largest absolute Gasteiger partial charge is 0.489 e. The maximum Gasteiger partial charge on any atom is 0.251 e. The van der Waals surface area contributed by atoms with E-state index in [4.69, 9.17) is 9.47 Å². The molecule has 0 fully saturated rings. The Hall–Kier alpha value is -3.06. The van der Waals surface area contributed by atoms with Gasteiger partial charge in [0.05, 0.1) is 24.8 Å². The van der Waals surface area contributed by atoms with E-state index in [1.807, 2.05) is 42.3 Å². The maximum absolute atomic E-state index is 12.4. The molecule has 1 aliphatic rings. The van der Waals surface area contributed by atoms with Crippen molar-refractivity contribution in [3.63, 3.8) is 0 Å². The number of likely N-dealkylation sites (N-methyl/N-ethyl adjacent to an activating group) is 1. The van der Waals surface area contributed by atoms with Crippen molar-refractivity contribution in [2.24, 2.45) is 0 Å². The van der Waals surface area contributed by atoms with Crippen LogP contribution in [0.1, 0.15) is 16.8 Å². The molecule has 2 aromatic carbocycles. The molecule has 2 aromatic rings. The number of carbonyl (C=O) groups is 2. The molecule has 0 aliphatic carbocycles. The average molecular weight is 383 g/mol. The first-order valence-corrected chi connectivity index (χ1v) is 9.20. The minimum Gasteiger partial charge on any atom is -0.489 e. The highest BCUT2D eigenvalue weighted by Crippen LogP contribution is 2.34. The Balaban J connectivity index is 1.65. The minimum absolute atomic E-state index is 0.0800. The highest BCUT2D eigenvalue weighted by atomic mass is 16.5. The molecule has 148 valence electrons. The van der Waals surface area contributed by atoms with Crippen LogP contribution in [0.4, 0.5) is 11.4 Å². The van der Waals surface area contributed by atoms with Crippen LogP contribution >= 0.6 is 0 Å². The van der Waals surface area contributed by atoms with E-state index in [2.05, 4.69) is 10.6 Å². The Kier molecular flexibility index (Phi) is 6.49. The van der Waals surface area contributed by atoms with Gasteiger partial charge in [-0.05, 0) is 30.3 Å². The molecule has 0 aromatic heterocycles. The molecule has 0 saturated carbocycles. The molecule has 7 nitrogen and oxygen atoms in total. The van der Waals surface area contributed by atoms with Crippen molar-refractivity contribution < 1.29 is 19.1 Å². The van der Waals surface area contributed by atoms with E-state index in [0.29, 0.717) is 31.1 Å². The number of carbonyl (C=O) groups excluding carboxylic acids is 2. The highest BCUT2D eigenvalue weighted by Gasteiger charge is 2.27. The predicted molar refractivity (Wildman–Crippen MR) is 108 cm³/mol. The van der Waals surface area contributed by atoms with Crippen LogP contribution in [-0.4, -0.2) is 51.8 Å². The lowest BCUT2D eigenvalue weighted by Crippen LogP contribution is -2.42. The van der Waals surface area contributed by atoms with Gasteiger partial charge in [0.2, 0.25) is 5.91 Å². The van der Waals surface area contributed by atoms with E-state index in [0.717, 1.165) is 11.4 Å². The van der Waals surface area contributed by atoms with Gasteiger partial charge in [0.25, 0.3) is 5.91 Å². The zero-order valence-corrected chi connectivity index (χ0v) is 16.1. The number of anilines is 2. The van der Waals surface area contributed by atoms with Crippen molar-refractivity contribution in [1.82, 2.24) is 5.32 Å². The second-order valence-electron chi connectivity index (χ2n) is 6.63. The van der Waals surface area contributed by atoms with Gasteiger partial charge in [-0.25, -0.2) is 0 Å². The highest BCUT2D eigenvalue weighted by molar-refractivity contribution is 5.96. The fourth-order valence-electron chi connectivity index (χ4n) is 3.06. The number of benzene rings is 2. The molecule has 1 aliphatic heterocycles. The second kappa shape index (κ2) is 9.23. The number of fused-ring (bicyclic) bond motifs is 1. The molecule has 0 spiro atoms. The van der Waals surface area contributed by atoms with Gasteiger partial charge in [0.1, 0.15) is 12.4 Å². The summed E-state index contributed by atoms with van der Waals surface area (Å²) in [5.74, 6) is 0.455. The predicted octanol–water partition coefficient (Wildman–Crippen LogP) is 2.29. The molecule has 2 N–H and O–H groups in total. The van der Waals surface area contributed by atoms with Crippen molar-refractivity contribution in [3.05, 3.63) is 54.1 Å². The van der Waals surface area contributed by atoms with Gasteiger partial charge in [0, 0.05) is 32.0 Å². The molecule has 1 heterocycles. The Bertz CT molecular complexity index is 826. The summed E-state index contributed by atoms with van der Waals surface area (Å²) in [6, 6.07) is 14.5. The van der Waals surface area contributed by atoms with Crippen LogP contribution in [0, 0.1) is 0 Å². The third-order valence-corrected chi connectivity index (χ3v) is 4.65. The fourth-order valence-corrected chi connectivity index (χ4v) is 3.06. The Morgan fingerprint density at radius 3 is 2.75 bits per heavy atom. The SMILES string of the molecule is COCCNC(=O)c1ccc2c(c1)N(C)[C@H](CC(=O)Nc1ccccc1)CO2. The van der Waals surface area contributed by atoms with Crippen LogP contribution in [0.25, 0.3) is 0 Å². The summed E-state index contributed by atoms with van der Waals surface area (Å²) >= 11 is 0. The molecular formula is C21H25N3O4. The summed E-state index contributed by atoms with van der Waals surface area (Å²) in [4.78, 5) is 26.7. The normalized spacial score (nSPS) is 15.4. The summed E-state index contributed by atoms with van der Waals surface area (Å²) in [5, 5.41) is 5.70. The topological polar surface area (TPSA) is 79.9 Å². The monoisotopic (exact) mass is 383 g/mol. The summed E-state index contributed by atoms with van der Waals surface area (Å²) < 4.78 is 10.8. The van der Waals surface area contributed by atoms with Gasteiger partial charge in [0.15, 0.2) is 0 Å². The maximum atomic E-state index is 12.4. The van der Waals surface area contributed by atoms with Gasteiger partial charge in [-0.2, -0.15) is 0 Å². The summed E-state index contributed by atoms with van der Waals surface area (Å²) in [6.07, 6.45) is 0.287. The van der Waals surface area contributed by atoms with Gasteiger partial charge in [-0.15, -0.1) is 0 Å². The lowest BCUT2D eigenvalue weighted by atomic mass is 10.1. The molecule has 0 saturated heterocycles. The van der Waals surface area contributed by atoms with Gasteiger partial charge in [-0.1, -0.05) is 18.2 Å². The Labute approximate surface area is 164 Å². The number of methoxy groups -OCH3 is 1. The molecule has 3 rings (SSSR count). The Morgan fingerprint density at radius 2 is 2.00 bits per heavy atom. The van der Waals surface area contributed by atoms with Crippen LogP contribution < -0.4 is 20.3 Å². The first-order valence-electron chi connectivity index (χ1n) is 9.20. The third-order valence-electron chi connectivity index (χ3n) is 4.65. The number of hydrogen-bond acceptors (Lipinski definition) is 5. The molecule has 0 radical (unpaired) electrons. The van der Waals surface area contributed by atoms with Crippen LogP contribution in [0.15, 0.2) is 48.5 Å². The average Bonchev–Trinajstić information content (AvgIpc) is 2.71. The molecule has 0 unspecified atom stereocenters. The molecular weight excluding hydrogens is 358 g/mol. The molecule has 1 atom stereocenters.